The first kappa shape index (κ1) is 16.3. The van der Waals surface area contributed by atoms with Crippen molar-refractivity contribution in [1.29, 1.82) is 0 Å². The molecule has 2 rings (SSSR count). The minimum Gasteiger partial charge on any atom is -0.497 e. The number of esters is 1. The van der Waals surface area contributed by atoms with Crippen molar-refractivity contribution in [2.75, 3.05) is 25.1 Å². The molecule has 0 atom stereocenters. The number of rotatable bonds is 6. The first-order valence-corrected chi connectivity index (χ1v) is 8.58. The zero-order valence-electron chi connectivity index (χ0n) is 12.1. The van der Waals surface area contributed by atoms with Gasteiger partial charge in [0.05, 0.1) is 19.9 Å². The third-order valence-corrected chi connectivity index (χ3v) is 6.05. The molecular weight excluding hydrogens is 326 g/mol. The largest absolute Gasteiger partial charge is 0.497 e. The summed E-state index contributed by atoms with van der Waals surface area (Å²) in [4.78, 5) is 11.6. The highest BCUT2D eigenvalue weighted by atomic mass is 32.2. The summed E-state index contributed by atoms with van der Waals surface area (Å²) in [6, 6.07) is 9.54. The van der Waals surface area contributed by atoms with Crippen LogP contribution in [0.1, 0.15) is 0 Å². The fourth-order valence-electron chi connectivity index (χ4n) is 1.76. The highest BCUT2D eigenvalue weighted by Crippen LogP contribution is 2.27. The molecular formula is C14H15NO5S2. The molecule has 0 fully saturated rings. The van der Waals surface area contributed by atoms with E-state index < -0.39 is 22.5 Å². The summed E-state index contributed by atoms with van der Waals surface area (Å²) < 4.78 is 36.2. The van der Waals surface area contributed by atoms with Gasteiger partial charge < -0.3 is 9.47 Å². The summed E-state index contributed by atoms with van der Waals surface area (Å²) in [6.45, 7) is -0.400. The summed E-state index contributed by atoms with van der Waals surface area (Å²) in [5.41, 5.74) is 0.361. The van der Waals surface area contributed by atoms with E-state index in [0.29, 0.717) is 11.4 Å². The lowest BCUT2D eigenvalue weighted by Crippen LogP contribution is -2.35. The van der Waals surface area contributed by atoms with E-state index in [0.717, 1.165) is 15.6 Å². The third-order valence-electron chi connectivity index (χ3n) is 2.90. The smallest absolute Gasteiger partial charge is 0.326 e. The molecule has 2 aromatic rings. The van der Waals surface area contributed by atoms with Gasteiger partial charge in [-0.1, -0.05) is 6.07 Å². The summed E-state index contributed by atoms with van der Waals surface area (Å²) in [6.07, 6.45) is 0. The number of sulfonamides is 1. The molecule has 0 N–H and O–H groups in total. The molecule has 22 heavy (non-hydrogen) atoms. The Morgan fingerprint density at radius 1 is 1.18 bits per heavy atom. The number of anilines is 1. The maximum atomic E-state index is 12.7. The topological polar surface area (TPSA) is 72.9 Å². The zero-order valence-corrected chi connectivity index (χ0v) is 13.7. The molecule has 0 amide bonds. The van der Waals surface area contributed by atoms with Crippen molar-refractivity contribution >= 4 is 33.0 Å². The van der Waals surface area contributed by atoms with Crippen molar-refractivity contribution in [3.05, 3.63) is 41.8 Å². The highest BCUT2D eigenvalue weighted by Gasteiger charge is 2.28. The molecule has 1 aromatic carbocycles. The number of hydrogen-bond acceptors (Lipinski definition) is 6. The number of nitrogens with zero attached hydrogens (tertiary/aromatic N) is 1. The lowest BCUT2D eigenvalue weighted by Gasteiger charge is -2.22. The fraction of sp³-hybridized carbons (Fsp3) is 0.214. The Bertz CT molecular complexity index is 723. The zero-order chi connectivity index (χ0) is 16.2. The summed E-state index contributed by atoms with van der Waals surface area (Å²) in [5.74, 6) is -0.0498. The third kappa shape index (κ3) is 3.40. The van der Waals surface area contributed by atoms with Crippen LogP contribution in [-0.4, -0.2) is 35.2 Å². The van der Waals surface area contributed by atoms with Crippen molar-refractivity contribution in [2.45, 2.75) is 4.21 Å². The van der Waals surface area contributed by atoms with E-state index >= 15 is 0 Å². The van der Waals surface area contributed by atoms with Crippen molar-refractivity contribution in [3.63, 3.8) is 0 Å². The van der Waals surface area contributed by atoms with E-state index in [-0.39, 0.29) is 4.21 Å². The maximum Gasteiger partial charge on any atom is 0.326 e. The van der Waals surface area contributed by atoms with E-state index in [9.17, 15) is 13.2 Å². The molecule has 0 saturated heterocycles. The minimum absolute atomic E-state index is 0.159. The normalized spacial score (nSPS) is 11.0. The minimum atomic E-state index is -3.83. The maximum absolute atomic E-state index is 12.7. The number of benzene rings is 1. The number of carbonyl (C=O) groups is 1. The van der Waals surface area contributed by atoms with Crippen LogP contribution in [0.4, 0.5) is 5.69 Å². The standard InChI is InChI=1S/C14H15NO5S2/c1-19-12-7-5-11(6-8-12)15(10-13(16)20-2)22(17,18)14-4-3-9-21-14/h3-9H,10H2,1-2H3. The van der Waals surface area contributed by atoms with Crippen LogP contribution in [0.2, 0.25) is 0 Å². The lowest BCUT2D eigenvalue weighted by molar-refractivity contribution is -0.138. The Kier molecular flexibility index (Phi) is 5.04. The molecule has 0 bridgehead atoms. The molecule has 6 nitrogen and oxygen atoms in total. The lowest BCUT2D eigenvalue weighted by atomic mass is 10.3. The molecule has 0 aliphatic carbocycles. The predicted molar refractivity (Wildman–Crippen MR) is 83.9 cm³/mol. The summed E-state index contributed by atoms with van der Waals surface area (Å²) in [5, 5.41) is 1.66. The van der Waals surface area contributed by atoms with Crippen LogP contribution >= 0.6 is 11.3 Å². The fourth-order valence-corrected chi connectivity index (χ4v) is 4.28. The van der Waals surface area contributed by atoms with Crippen LogP contribution in [0.25, 0.3) is 0 Å². The van der Waals surface area contributed by atoms with Crippen LogP contribution in [0, 0.1) is 0 Å². The number of thiophene rings is 1. The van der Waals surface area contributed by atoms with E-state index in [1.807, 2.05) is 0 Å². The van der Waals surface area contributed by atoms with Crippen LogP contribution in [-0.2, 0) is 19.6 Å². The van der Waals surface area contributed by atoms with Crippen molar-refractivity contribution < 1.29 is 22.7 Å². The number of methoxy groups -OCH3 is 2. The van der Waals surface area contributed by atoms with E-state index in [1.54, 1.807) is 35.7 Å². The van der Waals surface area contributed by atoms with Gasteiger partial charge in [0.1, 0.15) is 16.5 Å². The number of hydrogen-bond donors (Lipinski definition) is 0. The number of ether oxygens (including phenoxy) is 2. The molecule has 0 radical (unpaired) electrons. The molecule has 1 heterocycles. The first-order valence-electron chi connectivity index (χ1n) is 6.26. The Hall–Kier alpha value is -2.06. The van der Waals surface area contributed by atoms with Crippen LogP contribution in [0.3, 0.4) is 0 Å². The van der Waals surface area contributed by atoms with Gasteiger partial charge in [-0.05, 0) is 35.7 Å². The van der Waals surface area contributed by atoms with Gasteiger partial charge in [0.15, 0.2) is 0 Å². The Morgan fingerprint density at radius 2 is 1.86 bits per heavy atom. The molecule has 118 valence electrons. The van der Waals surface area contributed by atoms with Gasteiger partial charge in [0, 0.05) is 0 Å². The molecule has 0 aliphatic rings. The van der Waals surface area contributed by atoms with Gasteiger partial charge >= 0.3 is 5.97 Å². The molecule has 0 unspecified atom stereocenters. The second-order valence-electron chi connectivity index (χ2n) is 4.22. The second kappa shape index (κ2) is 6.80. The molecule has 0 spiro atoms. The monoisotopic (exact) mass is 341 g/mol. The summed E-state index contributed by atoms with van der Waals surface area (Å²) >= 11 is 1.09. The van der Waals surface area contributed by atoms with Crippen molar-refractivity contribution in [3.8, 4) is 5.75 Å². The Labute approximate surface area is 132 Å². The van der Waals surface area contributed by atoms with E-state index in [1.165, 1.54) is 20.3 Å². The Balaban J connectivity index is 2.44. The van der Waals surface area contributed by atoms with Gasteiger partial charge in [0.2, 0.25) is 0 Å². The molecule has 0 saturated carbocycles. The van der Waals surface area contributed by atoms with E-state index in [4.69, 9.17) is 4.74 Å². The highest BCUT2D eigenvalue weighted by molar-refractivity contribution is 7.94. The molecule has 1 aromatic heterocycles. The van der Waals surface area contributed by atoms with Crippen LogP contribution < -0.4 is 9.04 Å². The van der Waals surface area contributed by atoms with Crippen molar-refractivity contribution in [2.24, 2.45) is 0 Å². The average Bonchev–Trinajstić information content (AvgIpc) is 3.07. The van der Waals surface area contributed by atoms with Gasteiger partial charge in [-0.25, -0.2) is 8.42 Å². The van der Waals surface area contributed by atoms with Gasteiger partial charge in [-0.15, -0.1) is 11.3 Å². The first-order chi connectivity index (χ1) is 10.5. The molecule has 8 heteroatoms. The van der Waals surface area contributed by atoms with Gasteiger partial charge in [-0.2, -0.15) is 0 Å². The Morgan fingerprint density at radius 3 is 2.36 bits per heavy atom. The second-order valence-corrected chi connectivity index (χ2v) is 7.25. The number of carbonyl (C=O) groups excluding carboxylic acids is 1. The van der Waals surface area contributed by atoms with Gasteiger partial charge in [-0.3, -0.25) is 9.10 Å². The predicted octanol–water partition coefficient (Wildman–Crippen LogP) is 2.12. The van der Waals surface area contributed by atoms with Gasteiger partial charge in [0.25, 0.3) is 10.0 Å². The SMILES string of the molecule is COC(=O)CN(c1ccc(OC)cc1)S(=O)(=O)c1cccs1. The van der Waals surface area contributed by atoms with Crippen LogP contribution in [0.15, 0.2) is 46.0 Å². The summed E-state index contributed by atoms with van der Waals surface area (Å²) in [7, 11) is -1.09. The quantitative estimate of drug-likeness (QED) is 0.753. The van der Waals surface area contributed by atoms with Crippen molar-refractivity contribution in [1.82, 2.24) is 0 Å². The molecule has 0 aliphatic heterocycles. The van der Waals surface area contributed by atoms with E-state index in [2.05, 4.69) is 4.74 Å². The average molecular weight is 341 g/mol. The van der Waals surface area contributed by atoms with Crippen LogP contribution in [0.5, 0.6) is 5.75 Å².